The van der Waals surface area contributed by atoms with Crippen molar-refractivity contribution in [2.45, 2.75) is 27.2 Å². The minimum absolute atomic E-state index is 0.107. The summed E-state index contributed by atoms with van der Waals surface area (Å²) in [7, 11) is 1.48. The molecule has 0 aliphatic carbocycles. The Morgan fingerprint density at radius 1 is 1.00 bits per heavy atom. The molecule has 0 unspecified atom stereocenters. The molecule has 7 nitrogen and oxygen atoms in total. The summed E-state index contributed by atoms with van der Waals surface area (Å²) in [5.41, 5.74) is 3.20. The molecule has 0 atom stereocenters. The third kappa shape index (κ3) is 5.83. The van der Waals surface area contributed by atoms with Gasteiger partial charge in [-0.1, -0.05) is 0 Å². The van der Waals surface area contributed by atoms with E-state index in [1.54, 1.807) is 6.07 Å². The molecule has 0 amide bonds. The minimum atomic E-state index is -1.05. The summed E-state index contributed by atoms with van der Waals surface area (Å²) >= 11 is 1.48. The molecule has 8 heteroatoms. The van der Waals surface area contributed by atoms with E-state index in [9.17, 15) is 9.90 Å². The maximum atomic E-state index is 11.9. The molecule has 1 aromatic heterocycles. The van der Waals surface area contributed by atoms with Crippen molar-refractivity contribution in [3.8, 4) is 39.1 Å². The van der Waals surface area contributed by atoms with Crippen LogP contribution in [0.5, 0.6) is 17.2 Å². The number of benzene rings is 2. The van der Waals surface area contributed by atoms with Crippen molar-refractivity contribution in [2.75, 3.05) is 33.5 Å². The van der Waals surface area contributed by atoms with Gasteiger partial charge in [-0.25, -0.2) is 9.78 Å². The molecule has 176 valence electrons. The molecule has 0 bridgehead atoms. The minimum Gasteiger partial charge on any atom is -0.496 e. The molecule has 0 aliphatic heterocycles. The Hall–Kier alpha value is -3.10. The van der Waals surface area contributed by atoms with Crippen molar-refractivity contribution < 1.29 is 28.8 Å². The first-order chi connectivity index (χ1) is 16.0. The van der Waals surface area contributed by atoms with Gasteiger partial charge in [0.1, 0.15) is 16.3 Å². The van der Waals surface area contributed by atoms with Crippen molar-refractivity contribution in [2.24, 2.45) is 0 Å². The zero-order valence-corrected chi connectivity index (χ0v) is 20.2. The summed E-state index contributed by atoms with van der Waals surface area (Å²) in [5, 5.41) is 12.5. The summed E-state index contributed by atoms with van der Waals surface area (Å²) in [6.45, 7) is 7.93. The second kappa shape index (κ2) is 11.7. The zero-order chi connectivity index (χ0) is 23.8. The number of carboxylic acid groups (broad SMARTS) is 1. The third-order valence-electron chi connectivity index (χ3n) is 4.91. The number of hydrogen-bond acceptors (Lipinski definition) is 7. The molecule has 0 spiro atoms. The second-order valence-electron chi connectivity index (χ2n) is 7.03. The van der Waals surface area contributed by atoms with Crippen LogP contribution >= 0.6 is 11.3 Å². The number of ether oxygens (including phenoxy) is 4. The van der Waals surface area contributed by atoms with Crippen LogP contribution < -0.4 is 14.2 Å². The average molecular weight is 472 g/mol. The van der Waals surface area contributed by atoms with Crippen LogP contribution in [0.15, 0.2) is 35.7 Å². The first kappa shape index (κ1) is 24.5. The number of rotatable bonds is 12. The number of nitrogens with zero attached hydrogens (tertiary/aromatic N) is 1. The van der Waals surface area contributed by atoms with E-state index >= 15 is 0 Å². The van der Waals surface area contributed by atoms with Crippen LogP contribution in [-0.2, 0) is 11.2 Å². The van der Waals surface area contributed by atoms with E-state index in [0.29, 0.717) is 55.8 Å². The molecule has 1 N–H and O–H groups in total. The average Bonchev–Trinajstić information content (AvgIpc) is 3.30. The fourth-order valence-electron chi connectivity index (χ4n) is 3.47. The van der Waals surface area contributed by atoms with Gasteiger partial charge in [-0.3, -0.25) is 0 Å². The van der Waals surface area contributed by atoms with E-state index in [-0.39, 0.29) is 5.56 Å². The van der Waals surface area contributed by atoms with E-state index in [4.69, 9.17) is 23.9 Å². The number of methoxy groups -OCH3 is 1. The Balaban J connectivity index is 1.99. The number of aromatic nitrogens is 1. The zero-order valence-electron chi connectivity index (χ0n) is 19.3. The highest BCUT2D eigenvalue weighted by Crippen LogP contribution is 2.37. The molecule has 0 radical (unpaired) electrons. The van der Waals surface area contributed by atoms with Gasteiger partial charge >= 0.3 is 5.97 Å². The predicted octanol–water partition coefficient (Wildman–Crippen LogP) is 5.56. The lowest BCUT2D eigenvalue weighted by atomic mass is 10.00. The summed E-state index contributed by atoms with van der Waals surface area (Å²) in [6.07, 6.45) is 0.540. The van der Waals surface area contributed by atoms with Gasteiger partial charge < -0.3 is 24.1 Å². The van der Waals surface area contributed by atoms with Crippen LogP contribution in [0.1, 0.15) is 36.7 Å². The Bertz CT molecular complexity index is 1090. The topological polar surface area (TPSA) is 87.1 Å². The summed E-state index contributed by atoms with van der Waals surface area (Å²) in [6, 6.07) is 9.27. The molecule has 0 fully saturated rings. The van der Waals surface area contributed by atoms with E-state index in [0.717, 1.165) is 21.7 Å². The molecular weight excluding hydrogens is 442 g/mol. The van der Waals surface area contributed by atoms with Gasteiger partial charge in [0.15, 0.2) is 11.5 Å². The fraction of sp³-hybridized carbons (Fsp3) is 0.360. The number of hydrogen-bond donors (Lipinski definition) is 1. The van der Waals surface area contributed by atoms with Crippen LogP contribution in [0.4, 0.5) is 0 Å². The highest BCUT2D eigenvalue weighted by molar-refractivity contribution is 7.13. The lowest BCUT2D eigenvalue weighted by molar-refractivity contribution is 0.0693. The van der Waals surface area contributed by atoms with Gasteiger partial charge in [-0.05, 0) is 63.1 Å². The van der Waals surface area contributed by atoms with Crippen molar-refractivity contribution >= 4 is 17.3 Å². The Labute approximate surface area is 197 Å². The molecule has 0 aliphatic rings. The second-order valence-corrected chi connectivity index (χ2v) is 7.89. The van der Waals surface area contributed by atoms with E-state index in [1.807, 2.05) is 50.4 Å². The Morgan fingerprint density at radius 2 is 1.76 bits per heavy atom. The van der Waals surface area contributed by atoms with Gasteiger partial charge in [-0.15, -0.1) is 11.3 Å². The van der Waals surface area contributed by atoms with Gasteiger partial charge in [-0.2, -0.15) is 0 Å². The van der Waals surface area contributed by atoms with E-state index in [1.165, 1.54) is 18.4 Å². The van der Waals surface area contributed by atoms with Crippen molar-refractivity contribution in [1.82, 2.24) is 4.98 Å². The first-order valence-electron chi connectivity index (χ1n) is 10.9. The predicted molar refractivity (Wildman–Crippen MR) is 129 cm³/mol. The van der Waals surface area contributed by atoms with Crippen LogP contribution in [0, 0.1) is 0 Å². The van der Waals surface area contributed by atoms with Gasteiger partial charge in [0.05, 0.1) is 32.6 Å². The summed E-state index contributed by atoms with van der Waals surface area (Å²) in [5.74, 6) is 0.674. The number of carboxylic acids is 1. The van der Waals surface area contributed by atoms with Crippen molar-refractivity contribution in [3.05, 3.63) is 46.8 Å². The highest BCUT2D eigenvalue weighted by atomic mass is 32.1. The van der Waals surface area contributed by atoms with Crippen LogP contribution in [0.25, 0.3) is 21.8 Å². The summed E-state index contributed by atoms with van der Waals surface area (Å²) in [4.78, 5) is 16.7. The molecule has 0 saturated carbocycles. The van der Waals surface area contributed by atoms with E-state index < -0.39 is 5.97 Å². The Kier molecular flexibility index (Phi) is 8.68. The fourth-order valence-corrected chi connectivity index (χ4v) is 4.30. The highest BCUT2D eigenvalue weighted by Gasteiger charge is 2.19. The molecule has 2 aromatic carbocycles. The van der Waals surface area contributed by atoms with Crippen LogP contribution in [-0.4, -0.2) is 49.6 Å². The quantitative estimate of drug-likeness (QED) is 0.346. The molecule has 3 rings (SSSR count). The molecular formula is C25H29NO6S. The number of carbonyl (C=O) groups is 1. The van der Waals surface area contributed by atoms with Gasteiger partial charge in [0.25, 0.3) is 0 Å². The summed E-state index contributed by atoms with van der Waals surface area (Å²) < 4.78 is 22.3. The van der Waals surface area contributed by atoms with Crippen molar-refractivity contribution in [1.29, 1.82) is 0 Å². The smallest absolute Gasteiger partial charge is 0.339 e. The number of thiazole rings is 1. The standard InChI is InChI=1S/C25H29NO6S/c1-5-30-11-10-16-12-18(13-19(25(27)28)23(16)29-4)20-15-33-24(26-20)17-8-9-21(31-6-2)22(14-17)32-7-3/h8-9,12-15H,5-7,10-11H2,1-4H3,(H,27,28). The number of aromatic carboxylic acids is 1. The van der Waals surface area contributed by atoms with Gasteiger partial charge in [0, 0.05) is 23.1 Å². The first-order valence-corrected chi connectivity index (χ1v) is 11.8. The lowest BCUT2D eigenvalue weighted by Crippen LogP contribution is -2.07. The lowest BCUT2D eigenvalue weighted by Gasteiger charge is -2.13. The van der Waals surface area contributed by atoms with E-state index in [2.05, 4.69) is 0 Å². The van der Waals surface area contributed by atoms with Gasteiger partial charge in [0.2, 0.25) is 0 Å². The molecule has 33 heavy (non-hydrogen) atoms. The maximum absolute atomic E-state index is 11.9. The largest absolute Gasteiger partial charge is 0.496 e. The monoisotopic (exact) mass is 471 g/mol. The van der Waals surface area contributed by atoms with Crippen LogP contribution in [0.3, 0.4) is 0 Å². The van der Waals surface area contributed by atoms with Crippen LogP contribution in [0.2, 0.25) is 0 Å². The molecule has 0 saturated heterocycles. The Morgan fingerprint density at radius 3 is 2.42 bits per heavy atom. The SMILES string of the molecule is CCOCCc1cc(-c2csc(-c3ccc(OCC)c(OCC)c3)n2)cc(C(=O)O)c1OC. The normalized spacial score (nSPS) is 10.8. The maximum Gasteiger partial charge on any atom is 0.339 e. The molecule has 3 aromatic rings. The molecule has 1 heterocycles. The van der Waals surface area contributed by atoms with Crippen molar-refractivity contribution in [3.63, 3.8) is 0 Å². The third-order valence-corrected chi connectivity index (χ3v) is 5.80.